The summed E-state index contributed by atoms with van der Waals surface area (Å²) in [4.78, 5) is 0. The van der Waals surface area contributed by atoms with Gasteiger partial charge in [-0.2, -0.15) is 0 Å². The molecule has 8 heavy (non-hydrogen) atoms. The summed E-state index contributed by atoms with van der Waals surface area (Å²) in [5, 5.41) is 0. The molecule has 0 radical (unpaired) electrons. The van der Waals surface area contributed by atoms with Crippen molar-refractivity contribution in [3.8, 4) is 0 Å². The molecular formula is C4H12B4. The van der Waals surface area contributed by atoms with Gasteiger partial charge in [-0.3, -0.25) is 0 Å². The molecule has 0 aliphatic heterocycles. The molecule has 0 amide bonds. The fourth-order valence-corrected chi connectivity index (χ4v) is 0.526. The second kappa shape index (κ2) is 4.17. The van der Waals surface area contributed by atoms with Gasteiger partial charge in [-0.25, -0.2) is 0 Å². The first-order chi connectivity index (χ1) is 3.68. The average Bonchev–Trinajstić information content (AvgIpc) is 1.67. The van der Waals surface area contributed by atoms with E-state index in [1.54, 1.807) is 0 Å². The second-order valence-electron chi connectivity index (χ2n) is 2.63. The number of hydrogen-bond acceptors (Lipinski definition) is 0. The Bertz CT molecular complexity index is 78.1. The van der Waals surface area contributed by atoms with Crippen LogP contribution in [-0.4, -0.2) is 27.9 Å². The monoisotopic (exact) mass is 104 g/mol. The van der Waals surface area contributed by atoms with Crippen molar-refractivity contribution < 1.29 is 0 Å². The van der Waals surface area contributed by atoms with Crippen LogP contribution >= 0.6 is 0 Å². The van der Waals surface area contributed by atoms with Crippen molar-refractivity contribution in [2.75, 3.05) is 0 Å². The van der Waals surface area contributed by atoms with Crippen LogP contribution in [0.25, 0.3) is 0 Å². The third-order valence-electron chi connectivity index (χ3n) is 1.55. The Kier molecular flexibility index (Phi) is 4.31. The third-order valence-corrected chi connectivity index (χ3v) is 1.55. The van der Waals surface area contributed by atoms with Gasteiger partial charge in [0.2, 0.25) is 0 Å². The zero-order valence-corrected chi connectivity index (χ0v) is 6.31. The molecule has 0 heterocycles. The first-order valence-corrected chi connectivity index (χ1v) is 3.31. The van der Waals surface area contributed by atoms with Gasteiger partial charge in [0, 0.05) is 0 Å². The van der Waals surface area contributed by atoms with Crippen LogP contribution in [0.4, 0.5) is 0 Å². The maximum atomic E-state index is 2.24. The summed E-state index contributed by atoms with van der Waals surface area (Å²) in [5.41, 5.74) is 0.784. The van der Waals surface area contributed by atoms with E-state index in [1.165, 1.54) is 0 Å². The summed E-state index contributed by atoms with van der Waals surface area (Å²) in [5.74, 6) is 0. The molecule has 4 heteroatoms. The van der Waals surface area contributed by atoms with E-state index in [0.29, 0.717) is 0 Å². The molecule has 0 saturated heterocycles. The fourth-order valence-electron chi connectivity index (χ4n) is 0.526. The molecule has 0 aromatic heterocycles. The molecule has 0 unspecified atom stereocenters. The van der Waals surface area contributed by atoms with Crippen molar-refractivity contribution in [1.82, 2.24) is 0 Å². The van der Waals surface area contributed by atoms with Gasteiger partial charge in [-0.15, -0.1) is 0 Å². The van der Waals surface area contributed by atoms with Crippen molar-refractivity contribution in [2.24, 2.45) is 0 Å². The molecule has 0 N–H and O–H groups in total. The van der Waals surface area contributed by atoms with Gasteiger partial charge in [0.1, 0.15) is 0 Å². The predicted octanol–water partition coefficient (Wildman–Crippen LogP) is -0.0401. The van der Waals surface area contributed by atoms with E-state index in [9.17, 15) is 0 Å². The molecular weight excluding hydrogens is 91.3 g/mol. The van der Waals surface area contributed by atoms with E-state index in [2.05, 4.69) is 41.9 Å². The van der Waals surface area contributed by atoms with Crippen LogP contribution in [0.3, 0.4) is 0 Å². The molecule has 0 bridgehead atoms. The summed E-state index contributed by atoms with van der Waals surface area (Å²) in [6.45, 7) is 11.6. The van der Waals surface area contributed by atoms with Crippen molar-refractivity contribution in [1.29, 1.82) is 0 Å². The number of rotatable bonds is 2. The van der Waals surface area contributed by atoms with Crippen molar-refractivity contribution in [3.63, 3.8) is 0 Å². The molecule has 0 fully saturated rings. The Morgan fingerprint density at radius 1 is 1.62 bits per heavy atom. The van der Waals surface area contributed by atoms with Crippen LogP contribution in [0.1, 0.15) is 6.92 Å². The summed E-state index contributed by atoms with van der Waals surface area (Å²) >= 11 is 0. The minimum atomic E-state index is 0.736. The standard InChI is InChI=1S/C4H12B4/c1-4(5)8(3)7-6-2/h4H,5H2,1-3H3/t4-/m0/s1. The second-order valence-corrected chi connectivity index (χ2v) is 2.63. The van der Waals surface area contributed by atoms with Crippen LogP contribution in [0, 0.1) is 0 Å². The predicted molar refractivity (Wildman–Crippen MR) is 47.0 cm³/mol. The molecule has 0 aliphatic rings. The van der Waals surface area contributed by atoms with Gasteiger partial charge < -0.3 is 0 Å². The van der Waals surface area contributed by atoms with E-state index >= 15 is 0 Å². The molecule has 0 aliphatic carbocycles. The van der Waals surface area contributed by atoms with E-state index in [1.807, 2.05) is 0 Å². The van der Waals surface area contributed by atoms with Gasteiger partial charge in [0.25, 0.3) is 0 Å². The third kappa shape index (κ3) is 3.29. The Balaban J connectivity index is 3.47. The molecule has 0 aromatic rings. The molecule has 1 atom stereocenters. The zero-order chi connectivity index (χ0) is 6.57. The quantitative estimate of drug-likeness (QED) is 0.430. The van der Waals surface area contributed by atoms with Crippen LogP contribution in [0.15, 0.2) is 0 Å². The van der Waals surface area contributed by atoms with Crippen LogP contribution in [0.5, 0.6) is 0 Å². The fraction of sp³-hybridized carbons (Fsp3) is 1.00. The molecule has 0 nitrogen and oxygen atoms in total. The molecule has 0 saturated carbocycles. The van der Waals surface area contributed by atoms with Gasteiger partial charge in [0.15, 0.2) is 0 Å². The van der Waals surface area contributed by atoms with Crippen LogP contribution < -0.4 is 0 Å². The van der Waals surface area contributed by atoms with Crippen molar-refractivity contribution >= 4 is 27.9 Å². The Labute approximate surface area is 55.0 Å². The first kappa shape index (κ1) is 8.26. The zero-order valence-electron chi connectivity index (χ0n) is 6.31. The SMILES string of the molecule is B[C@H](C)B(C)/B=B\C. The number of hydrogen-bond donors (Lipinski definition) is 0. The van der Waals surface area contributed by atoms with E-state index in [0.717, 1.165) is 12.3 Å². The van der Waals surface area contributed by atoms with Crippen LogP contribution in [0.2, 0.25) is 19.4 Å². The molecule has 0 aromatic carbocycles. The minimum absolute atomic E-state index is 0.736. The summed E-state index contributed by atoms with van der Waals surface area (Å²) in [6.07, 6.45) is 0. The van der Waals surface area contributed by atoms with Crippen LogP contribution in [-0.2, 0) is 0 Å². The molecule has 0 rings (SSSR count). The maximum absolute atomic E-state index is 2.24. The Morgan fingerprint density at radius 2 is 2.12 bits per heavy atom. The van der Waals surface area contributed by atoms with Crippen molar-refractivity contribution in [3.05, 3.63) is 0 Å². The Hall–Kier alpha value is 0.260. The van der Waals surface area contributed by atoms with Crippen molar-refractivity contribution in [2.45, 2.75) is 26.3 Å². The molecule has 0 spiro atoms. The topological polar surface area (TPSA) is 0 Å². The molecule has 40 valence electrons. The van der Waals surface area contributed by atoms with Gasteiger partial charge in [0.05, 0.1) is 0 Å². The van der Waals surface area contributed by atoms with Gasteiger partial charge >= 0.3 is 54.2 Å². The summed E-state index contributed by atoms with van der Waals surface area (Å²) in [7, 11) is 2.24. The summed E-state index contributed by atoms with van der Waals surface area (Å²) < 4.78 is 0. The van der Waals surface area contributed by atoms with E-state index < -0.39 is 0 Å². The normalized spacial score (nSPS) is 12.4. The van der Waals surface area contributed by atoms with E-state index in [-0.39, 0.29) is 0 Å². The first-order valence-electron chi connectivity index (χ1n) is 3.31. The Morgan fingerprint density at radius 3 is 2.25 bits per heavy atom. The van der Waals surface area contributed by atoms with E-state index in [4.69, 9.17) is 0 Å². The van der Waals surface area contributed by atoms with Gasteiger partial charge in [-0.05, 0) is 0 Å². The van der Waals surface area contributed by atoms with Gasteiger partial charge in [-0.1, -0.05) is 0 Å². The average molecular weight is 103 g/mol. The summed E-state index contributed by atoms with van der Waals surface area (Å²) in [6, 6.07) is 0.